The van der Waals surface area contributed by atoms with Gasteiger partial charge in [-0.15, -0.1) is 0 Å². The van der Waals surface area contributed by atoms with Crippen LogP contribution in [0.4, 0.5) is 5.69 Å². The summed E-state index contributed by atoms with van der Waals surface area (Å²) in [6.07, 6.45) is 2.71. The predicted octanol–water partition coefficient (Wildman–Crippen LogP) is 5.00. The fourth-order valence-electron chi connectivity index (χ4n) is 3.73. The van der Waals surface area contributed by atoms with Gasteiger partial charge in [-0.1, -0.05) is 42.5 Å². The van der Waals surface area contributed by atoms with Crippen LogP contribution in [0.25, 0.3) is 21.0 Å². The van der Waals surface area contributed by atoms with E-state index < -0.39 is 0 Å². The molecule has 0 bridgehead atoms. The van der Waals surface area contributed by atoms with Crippen LogP contribution in [0, 0.1) is 0 Å². The number of carbonyl (C=O) groups is 2. The maximum atomic E-state index is 12.7. The van der Waals surface area contributed by atoms with Crippen LogP contribution in [0.1, 0.15) is 26.4 Å². The zero-order valence-electron chi connectivity index (χ0n) is 17.1. The van der Waals surface area contributed by atoms with Gasteiger partial charge >= 0.3 is 0 Å². The van der Waals surface area contributed by atoms with Crippen molar-refractivity contribution in [1.29, 1.82) is 0 Å². The van der Waals surface area contributed by atoms with Crippen LogP contribution in [-0.2, 0) is 6.42 Å². The second kappa shape index (κ2) is 8.64. The molecule has 0 aliphatic heterocycles. The highest BCUT2D eigenvalue weighted by molar-refractivity contribution is 7.13. The Kier molecular flexibility index (Phi) is 5.39. The summed E-state index contributed by atoms with van der Waals surface area (Å²) in [4.78, 5) is 28.6. The topological polar surface area (TPSA) is 86.9 Å². The molecule has 0 aliphatic rings. The van der Waals surface area contributed by atoms with Gasteiger partial charge in [0.05, 0.1) is 4.70 Å². The number of hydrogen-bond donors (Lipinski definition) is 3. The van der Waals surface area contributed by atoms with Gasteiger partial charge in [0.2, 0.25) is 0 Å². The molecule has 3 aromatic carbocycles. The van der Waals surface area contributed by atoms with Gasteiger partial charge in [-0.25, -0.2) is 0 Å². The highest BCUT2D eigenvalue weighted by Crippen LogP contribution is 2.23. The number of nitrogens with zero attached hydrogens (tertiary/aromatic N) is 1. The van der Waals surface area contributed by atoms with Crippen LogP contribution < -0.4 is 10.6 Å². The number of aromatic nitrogens is 2. The van der Waals surface area contributed by atoms with E-state index in [0.717, 1.165) is 27.6 Å². The van der Waals surface area contributed by atoms with Crippen molar-refractivity contribution < 1.29 is 9.59 Å². The Bertz CT molecular complexity index is 1440. The number of rotatable bonds is 6. The first kappa shape index (κ1) is 20.0. The molecule has 2 heterocycles. The van der Waals surface area contributed by atoms with Crippen molar-refractivity contribution >= 4 is 50.0 Å². The molecule has 7 heteroatoms. The quantitative estimate of drug-likeness (QED) is 0.347. The first-order chi connectivity index (χ1) is 15.7. The minimum atomic E-state index is -0.292. The number of hydrogen-bond acceptors (Lipinski definition) is 4. The minimum Gasteiger partial charge on any atom is -0.361 e. The molecule has 2 amide bonds. The average Bonchev–Trinajstić information content (AvgIpc) is 3.44. The third-order valence-corrected chi connectivity index (χ3v) is 6.16. The van der Waals surface area contributed by atoms with E-state index in [9.17, 15) is 9.59 Å². The fourth-order valence-corrected chi connectivity index (χ4v) is 4.50. The van der Waals surface area contributed by atoms with Crippen LogP contribution in [0.5, 0.6) is 0 Å². The molecule has 5 rings (SSSR count). The predicted molar refractivity (Wildman–Crippen MR) is 128 cm³/mol. The van der Waals surface area contributed by atoms with Gasteiger partial charge in [0.15, 0.2) is 0 Å². The summed E-state index contributed by atoms with van der Waals surface area (Å²) in [5.41, 5.74) is 3.68. The number of aromatic amines is 1. The Morgan fingerprint density at radius 2 is 1.72 bits per heavy atom. The Morgan fingerprint density at radius 3 is 2.62 bits per heavy atom. The van der Waals surface area contributed by atoms with E-state index in [1.54, 1.807) is 24.3 Å². The van der Waals surface area contributed by atoms with Crippen LogP contribution in [0.2, 0.25) is 0 Å². The van der Waals surface area contributed by atoms with E-state index in [2.05, 4.69) is 26.1 Å². The number of H-pyrrole nitrogens is 1. The molecule has 3 N–H and O–H groups in total. The summed E-state index contributed by atoms with van der Waals surface area (Å²) >= 11 is 1.29. The largest absolute Gasteiger partial charge is 0.361 e. The van der Waals surface area contributed by atoms with Crippen molar-refractivity contribution in [2.75, 3.05) is 11.9 Å². The van der Waals surface area contributed by atoms with Gasteiger partial charge in [-0.05, 0) is 53.8 Å². The van der Waals surface area contributed by atoms with E-state index in [-0.39, 0.29) is 11.8 Å². The molecule has 6 nitrogen and oxygen atoms in total. The second-order valence-electron chi connectivity index (χ2n) is 7.43. The lowest BCUT2D eigenvalue weighted by atomic mass is 10.1. The first-order valence-electron chi connectivity index (χ1n) is 10.3. The maximum absolute atomic E-state index is 12.7. The average molecular weight is 441 g/mol. The van der Waals surface area contributed by atoms with Crippen molar-refractivity contribution in [2.45, 2.75) is 6.42 Å². The Labute approximate surface area is 188 Å². The molecule has 158 valence electrons. The monoisotopic (exact) mass is 440 g/mol. The normalized spacial score (nSPS) is 11.0. The summed E-state index contributed by atoms with van der Waals surface area (Å²) in [5.74, 6) is -0.473. The van der Waals surface area contributed by atoms with E-state index in [4.69, 9.17) is 0 Å². The van der Waals surface area contributed by atoms with Gasteiger partial charge in [0.25, 0.3) is 11.8 Å². The number of fused-ring (bicyclic) bond motifs is 2. The van der Waals surface area contributed by atoms with E-state index >= 15 is 0 Å². The van der Waals surface area contributed by atoms with E-state index in [1.807, 2.05) is 48.7 Å². The number of nitrogens with one attached hydrogen (secondary N) is 3. The van der Waals surface area contributed by atoms with Gasteiger partial charge in [0, 0.05) is 40.3 Å². The molecule has 0 saturated heterocycles. The number of amides is 2. The van der Waals surface area contributed by atoms with Crippen molar-refractivity contribution in [3.8, 4) is 0 Å². The maximum Gasteiger partial charge on any atom is 0.276 e. The lowest BCUT2D eigenvalue weighted by molar-refractivity contribution is 0.0952. The van der Waals surface area contributed by atoms with Gasteiger partial charge in [-0.2, -0.15) is 4.37 Å². The highest BCUT2D eigenvalue weighted by Gasteiger charge is 2.15. The van der Waals surface area contributed by atoms with Crippen molar-refractivity contribution in [3.05, 3.63) is 95.8 Å². The molecule has 0 saturated carbocycles. The number of para-hydroxylation sites is 1. The summed E-state index contributed by atoms with van der Waals surface area (Å²) < 4.78 is 5.24. The number of anilines is 1. The standard InChI is InChI=1S/C25H20N4O2S/c30-24(26-13-12-17-15-27-21-10-3-1-8-19(17)21)16-6-5-7-18(14-16)28-25(31)23-20-9-2-4-11-22(20)32-29-23/h1-11,14-15,27H,12-13H2,(H,26,30)(H,28,31). The van der Waals surface area contributed by atoms with Crippen LogP contribution in [0.3, 0.4) is 0 Å². The third-order valence-electron chi connectivity index (χ3n) is 5.33. The molecular weight excluding hydrogens is 420 g/mol. The minimum absolute atomic E-state index is 0.181. The zero-order valence-corrected chi connectivity index (χ0v) is 17.9. The fraction of sp³-hybridized carbons (Fsp3) is 0.0800. The van der Waals surface area contributed by atoms with E-state index in [1.165, 1.54) is 16.9 Å². The first-order valence-corrected chi connectivity index (χ1v) is 11.1. The molecule has 0 spiro atoms. The van der Waals surface area contributed by atoms with Crippen LogP contribution in [0.15, 0.2) is 79.0 Å². The molecule has 0 radical (unpaired) electrons. The zero-order chi connectivity index (χ0) is 21.9. The smallest absolute Gasteiger partial charge is 0.276 e. The molecule has 0 fully saturated rings. The lowest BCUT2D eigenvalue weighted by Gasteiger charge is -2.08. The molecule has 2 aromatic heterocycles. The molecular formula is C25H20N4O2S. The molecule has 0 aliphatic carbocycles. The highest BCUT2D eigenvalue weighted by atomic mass is 32.1. The Hall–Kier alpha value is -3.97. The van der Waals surface area contributed by atoms with Gasteiger partial charge < -0.3 is 15.6 Å². The van der Waals surface area contributed by atoms with Crippen molar-refractivity contribution in [3.63, 3.8) is 0 Å². The molecule has 0 unspecified atom stereocenters. The molecule has 0 atom stereocenters. The summed E-state index contributed by atoms with van der Waals surface area (Å²) in [6.45, 7) is 0.516. The summed E-state index contributed by atoms with van der Waals surface area (Å²) in [7, 11) is 0. The Balaban J connectivity index is 1.23. The second-order valence-corrected chi connectivity index (χ2v) is 8.23. The molecule has 32 heavy (non-hydrogen) atoms. The van der Waals surface area contributed by atoms with Crippen LogP contribution in [-0.4, -0.2) is 27.7 Å². The number of benzene rings is 3. The van der Waals surface area contributed by atoms with Gasteiger partial charge in [0.1, 0.15) is 5.69 Å². The SMILES string of the molecule is O=C(NCCc1c[nH]c2ccccc12)c1cccc(NC(=O)c2nsc3ccccc23)c1. The van der Waals surface area contributed by atoms with Crippen LogP contribution >= 0.6 is 11.5 Å². The number of carbonyl (C=O) groups excluding carboxylic acids is 2. The Morgan fingerprint density at radius 1 is 0.906 bits per heavy atom. The van der Waals surface area contributed by atoms with Crippen molar-refractivity contribution in [2.24, 2.45) is 0 Å². The molecule has 5 aromatic rings. The van der Waals surface area contributed by atoms with Crippen molar-refractivity contribution in [1.82, 2.24) is 14.7 Å². The van der Waals surface area contributed by atoms with E-state index in [0.29, 0.717) is 23.5 Å². The summed E-state index contributed by atoms with van der Waals surface area (Å²) in [5, 5.41) is 7.80. The van der Waals surface area contributed by atoms with Gasteiger partial charge in [-0.3, -0.25) is 9.59 Å². The lowest BCUT2D eigenvalue weighted by Crippen LogP contribution is -2.25. The summed E-state index contributed by atoms with van der Waals surface area (Å²) in [6, 6.07) is 22.6. The third kappa shape index (κ3) is 3.98.